The minimum absolute atomic E-state index is 0.156. The molecular weight excluding hydrogens is 224 g/mol. The smallest absolute Gasteiger partial charge is 0.184 e. The zero-order valence-electron chi connectivity index (χ0n) is 11.3. The summed E-state index contributed by atoms with van der Waals surface area (Å²) in [5.74, 6) is 0. The third kappa shape index (κ3) is 4.11. The summed E-state index contributed by atoms with van der Waals surface area (Å²) in [6, 6.07) is 10.2. The van der Waals surface area contributed by atoms with Crippen molar-refractivity contribution in [3.05, 3.63) is 35.9 Å². The van der Waals surface area contributed by atoms with Crippen LogP contribution in [-0.2, 0) is 9.47 Å². The van der Waals surface area contributed by atoms with E-state index >= 15 is 0 Å². The Bertz CT molecular complexity index is 323. The largest absolute Gasteiger partial charge is 0.348 e. The zero-order valence-corrected chi connectivity index (χ0v) is 11.3. The highest BCUT2D eigenvalue weighted by Crippen LogP contribution is 2.28. The molecule has 0 amide bonds. The van der Waals surface area contributed by atoms with E-state index in [2.05, 4.69) is 19.1 Å². The fourth-order valence-corrected chi connectivity index (χ4v) is 2.38. The molecule has 0 aromatic heterocycles. The summed E-state index contributed by atoms with van der Waals surface area (Å²) >= 11 is 0. The third-order valence-corrected chi connectivity index (χ3v) is 3.48. The van der Waals surface area contributed by atoms with Gasteiger partial charge in [0.2, 0.25) is 0 Å². The molecule has 2 atom stereocenters. The van der Waals surface area contributed by atoms with Crippen LogP contribution in [0.2, 0.25) is 0 Å². The van der Waals surface area contributed by atoms with Gasteiger partial charge in [-0.15, -0.1) is 0 Å². The number of hydrogen-bond donors (Lipinski definition) is 0. The zero-order chi connectivity index (χ0) is 12.6. The highest BCUT2D eigenvalue weighted by molar-refractivity contribution is 5.16. The quantitative estimate of drug-likeness (QED) is 0.692. The van der Waals surface area contributed by atoms with Gasteiger partial charge in [0, 0.05) is 5.56 Å². The highest BCUT2D eigenvalue weighted by atomic mass is 16.7. The molecule has 1 saturated heterocycles. The summed E-state index contributed by atoms with van der Waals surface area (Å²) < 4.78 is 11.7. The molecule has 1 unspecified atom stereocenters. The summed E-state index contributed by atoms with van der Waals surface area (Å²) in [6.45, 7) is 3.06. The van der Waals surface area contributed by atoms with Crippen LogP contribution in [-0.4, -0.2) is 12.7 Å². The van der Waals surface area contributed by atoms with Crippen LogP contribution in [0.25, 0.3) is 0 Å². The minimum atomic E-state index is -0.156. The van der Waals surface area contributed by atoms with E-state index in [1.165, 1.54) is 32.1 Å². The first-order chi connectivity index (χ1) is 8.90. The molecule has 0 saturated carbocycles. The van der Waals surface area contributed by atoms with Gasteiger partial charge in [0.25, 0.3) is 0 Å². The van der Waals surface area contributed by atoms with Crippen LogP contribution in [0.4, 0.5) is 0 Å². The van der Waals surface area contributed by atoms with Crippen LogP contribution >= 0.6 is 0 Å². The van der Waals surface area contributed by atoms with E-state index in [1.807, 2.05) is 18.2 Å². The van der Waals surface area contributed by atoms with Gasteiger partial charge in [0.1, 0.15) is 0 Å². The van der Waals surface area contributed by atoms with E-state index in [-0.39, 0.29) is 6.29 Å². The van der Waals surface area contributed by atoms with Gasteiger partial charge in [-0.25, -0.2) is 0 Å². The summed E-state index contributed by atoms with van der Waals surface area (Å²) in [5, 5.41) is 0. The van der Waals surface area contributed by atoms with Crippen LogP contribution in [0.15, 0.2) is 30.3 Å². The SMILES string of the molecule is CCCCCCC1CCO[C@@H](c2ccccc2)O1. The first-order valence-electron chi connectivity index (χ1n) is 7.22. The Kier molecular flexibility index (Phi) is 5.69. The van der Waals surface area contributed by atoms with Gasteiger partial charge in [0.05, 0.1) is 12.7 Å². The van der Waals surface area contributed by atoms with Crippen molar-refractivity contribution in [2.24, 2.45) is 0 Å². The molecule has 0 N–H and O–H groups in total. The summed E-state index contributed by atoms with van der Waals surface area (Å²) in [7, 11) is 0. The average molecular weight is 248 g/mol. The van der Waals surface area contributed by atoms with E-state index in [4.69, 9.17) is 9.47 Å². The second-order valence-corrected chi connectivity index (χ2v) is 5.01. The first-order valence-corrected chi connectivity index (χ1v) is 7.22. The van der Waals surface area contributed by atoms with E-state index in [9.17, 15) is 0 Å². The monoisotopic (exact) mass is 248 g/mol. The Balaban J connectivity index is 1.78. The second kappa shape index (κ2) is 7.55. The van der Waals surface area contributed by atoms with Crippen LogP contribution in [0.3, 0.4) is 0 Å². The molecule has 2 heteroatoms. The summed E-state index contributed by atoms with van der Waals surface area (Å²) in [4.78, 5) is 0. The lowest BCUT2D eigenvalue weighted by Crippen LogP contribution is -2.26. The first kappa shape index (κ1) is 13.6. The Labute approximate surface area is 110 Å². The molecule has 1 aromatic carbocycles. The Morgan fingerprint density at radius 1 is 1.11 bits per heavy atom. The van der Waals surface area contributed by atoms with Gasteiger partial charge in [0.15, 0.2) is 6.29 Å². The molecule has 2 rings (SSSR count). The van der Waals surface area contributed by atoms with Gasteiger partial charge >= 0.3 is 0 Å². The lowest BCUT2D eigenvalue weighted by atomic mass is 10.1. The van der Waals surface area contributed by atoms with Crippen molar-refractivity contribution in [1.82, 2.24) is 0 Å². The summed E-state index contributed by atoms with van der Waals surface area (Å²) in [6.07, 6.45) is 7.67. The predicted molar refractivity (Wildman–Crippen MR) is 73.4 cm³/mol. The maximum atomic E-state index is 6.03. The predicted octanol–water partition coefficient (Wildman–Crippen LogP) is 4.46. The molecule has 0 bridgehead atoms. The minimum Gasteiger partial charge on any atom is -0.348 e. The molecule has 0 spiro atoms. The van der Waals surface area contributed by atoms with Crippen LogP contribution < -0.4 is 0 Å². The fourth-order valence-electron chi connectivity index (χ4n) is 2.38. The van der Waals surface area contributed by atoms with Gasteiger partial charge in [-0.1, -0.05) is 62.9 Å². The molecule has 2 nitrogen and oxygen atoms in total. The number of ether oxygens (including phenoxy) is 2. The van der Waals surface area contributed by atoms with E-state index < -0.39 is 0 Å². The fraction of sp³-hybridized carbons (Fsp3) is 0.625. The van der Waals surface area contributed by atoms with E-state index in [0.717, 1.165) is 18.6 Å². The van der Waals surface area contributed by atoms with Gasteiger partial charge < -0.3 is 9.47 Å². The van der Waals surface area contributed by atoms with Crippen LogP contribution in [0, 0.1) is 0 Å². The summed E-state index contributed by atoms with van der Waals surface area (Å²) in [5.41, 5.74) is 1.13. The lowest BCUT2D eigenvalue weighted by Gasteiger charge is -2.30. The number of benzene rings is 1. The molecule has 1 fully saturated rings. The Morgan fingerprint density at radius 2 is 1.94 bits per heavy atom. The molecule has 0 radical (unpaired) electrons. The van der Waals surface area contributed by atoms with E-state index in [1.54, 1.807) is 0 Å². The van der Waals surface area contributed by atoms with E-state index in [0.29, 0.717) is 6.10 Å². The molecular formula is C16H24O2. The maximum Gasteiger partial charge on any atom is 0.184 e. The number of hydrogen-bond acceptors (Lipinski definition) is 2. The van der Waals surface area contributed by atoms with Crippen molar-refractivity contribution in [3.8, 4) is 0 Å². The standard InChI is InChI=1S/C16H24O2/c1-2-3-4-8-11-15-12-13-17-16(18-15)14-9-6-5-7-10-14/h5-7,9-10,15-16H,2-4,8,11-13H2,1H3/t15?,16-/m1/s1. The lowest BCUT2D eigenvalue weighted by molar-refractivity contribution is -0.218. The van der Waals surface area contributed by atoms with Crippen molar-refractivity contribution in [2.75, 3.05) is 6.61 Å². The molecule has 1 aromatic rings. The Morgan fingerprint density at radius 3 is 2.72 bits per heavy atom. The van der Waals surface area contributed by atoms with Gasteiger partial charge in [-0.3, -0.25) is 0 Å². The second-order valence-electron chi connectivity index (χ2n) is 5.01. The van der Waals surface area contributed by atoms with Gasteiger partial charge in [-0.2, -0.15) is 0 Å². The molecule has 1 aliphatic heterocycles. The van der Waals surface area contributed by atoms with Crippen molar-refractivity contribution >= 4 is 0 Å². The maximum absolute atomic E-state index is 6.03. The van der Waals surface area contributed by atoms with Crippen molar-refractivity contribution in [2.45, 2.75) is 57.8 Å². The average Bonchev–Trinajstić information content (AvgIpc) is 2.45. The Hall–Kier alpha value is -0.860. The van der Waals surface area contributed by atoms with Crippen LogP contribution in [0.1, 0.15) is 57.3 Å². The van der Waals surface area contributed by atoms with Crippen molar-refractivity contribution in [3.63, 3.8) is 0 Å². The molecule has 100 valence electrons. The number of rotatable bonds is 6. The van der Waals surface area contributed by atoms with Crippen molar-refractivity contribution < 1.29 is 9.47 Å². The highest BCUT2D eigenvalue weighted by Gasteiger charge is 2.23. The molecule has 18 heavy (non-hydrogen) atoms. The van der Waals surface area contributed by atoms with Gasteiger partial charge in [-0.05, 0) is 12.8 Å². The third-order valence-electron chi connectivity index (χ3n) is 3.48. The normalized spacial score (nSPS) is 24.1. The molecule has 1 heterocycles. The van der Waals surface area contributed by atoms with Crippen LogP contribution in [0.5, 0.6) is 0 Å². The topological polar surface area (TPSA) is 18.5 Å². The molecule has 1 aliphatic rings. The van der Waals surface area contributed by atoms with Crippen molar-refractivity contribution in [1.29, 1.82) is 0 Å². The number of unbranched alkanes of at least 4 members (excludes halogenated alkanes) is 3. The molecule has 0 aliphatic carbocycles.